The van der Waals surface area contributed by atoms with Crippen molar-refractivity contribution in [2.24, 2.45) is 0 Å². The van der Waals surface area contributed by atoms with Crippen LogP contribution in [0, 0.1) is 0 Å². The third kappa shape index (κ3) is 4.82. The minimum absolute atomic E-state index is 0.196. The summed E-state index contributed by atoms with van der Waals surface area (Å²) in [6.45, 7) is 5.73. The van der Waals surface area contributed by atoms with Crippen LogP contribution in [0.25, 0.3) is 0 Å². The fourth-order valence-corrected chi connectivity index (χ4v) is 2.82. The number of hydrogen-bond donors (Lipinski definition) is 1. The molecule has 0 bridgehead atoms. The van der Waals surface area contributed by atoms with Crippen molar-refractivity contribution in [3.63, 3.8) is 0 Å². The van der Waals surface area contributed by atoms with E-state index in [-0.39, 0.29) is 11.3 Å². The largest absolute Gasteiger partial charge is 0.493 e. The second kappa shape index (κ2) is 9.78. The number of ether oxygens (including phenoxy) is 3. The van der Waals surface area contributed by atoms with Gasteiger partial charge in [0.05, 0.1) is 14.2 Å². The van der Waals surface area contributed by atoms with Gasteiger partial charge in [-0.3, -0.25) is 4.79 Å². The number of esters is 1. The van der Waals surface area contributed by atoms with E-state index >= 15 is 0 Å². The van der Waals surface area contributed by atoms with Crippen LogP contribution in [-0.2, 0) is 9.53 Å². The molecule has 28 heavy (non-hydrogen) atoms. The van der Waals surface area contributed by atoms with E-state index in [2.05, 4.69) is 19.2 Å². The summed E-state index contributed by atoms with van der Waals surface area (Å²) in [5, 5.41) is 2.86. The second-order valence-corrected chi connectivity index (χ2v) is 6.47. The predicted molar refractivity (Wildman–Crippen MR) is 108 cm³/mol. The molecule has 6 nitrogen and oxygen atoms in total. The van der Waals surface area contributed by atoms with Crippen LogP contribution in [0.15, 0.2) is 42.5 Å². The molecule has 1 N–H and O–H groups in total. The number of benzene rings is 2. The molecule has 2 rings (SSSR count). The third-order valence-corrected chi connectivity index (χ3v) is 4.64. The standard InChI is InChI=1S/C22H27NO5/c1-6-14(2)16-10-7-8-12-18(16)23-21(24)15(3)28-22(25)17-11-9-13-19(26-4)20(17)27-5/h7-15H,6H2,1-5H3,(H,23,24)/t14-,15-/m0/s1. The lowest BCUT2D eigenvalue weighted by atomic mass is 9.97. The van der Waals surface area contributed by atoms with Gasteiger partial charge in [-0.15, -0.1) is 0 Å². The van der Waals surface area contributed by atoms with Crippen LogP contribution < -0.4 is 14.8 Å². The van der Waals surface area contributed by atoms with E-state index < -0.39 is 18.0 Å². The number of amides is 1. The van der Waals surface area contributed by atoms with Crippen LogP contribution in [-0.4, -0.2) is 32.2 Å². The molecule has 0 saturated heterocycles. The van der Waals surface area contributed by atoms with Crippen LogP contribution >= 0.6 is 0 Å². The molecule has 0 radical (unpaired) electrons. The molecule has 0 heterocycles. The van der Waals surface area contributed by atoms with Gasteiger partial charge in [0, 0.05) is 5.69 Å². The van der Waals surface area contributed by atoms with E-state index in [4.69, 9.17) is 14.2 Å². The average molecular weight is 385 g/mol. The normalized spacial score (nSPS) is 12.6. The summed E-state index contributed by atoms with van der Waals surface area (Å²) < 4.78 is 15.8. The lowest BCUT2D eigenvalue weighted by molar-refractivity contribution is -0.123. The molecule has 0 saturated carbocycles. The molecule has 2 aromatic carbocycles. The highest BCUT2D eigenvalue weighted by Crippen LogP contribution is 2.31. The minimum Gasteiger partial charge on any atom is -0.493 e. The van der Waals surface area contributed by atoms with E-state index in [1.165, 1.54) is 21.1 Å². The maximum atomic E-state index is 12.6. The van der Waals surface area contributed by atoms with Crippen LogP contribution in [0.2, 0.25) is 0 Å². The average Bonchev–Trinajstić information content (AvgIpc) is 2.72. The van der Waals surface area contributed by atoms with Gasteiger partial charge in [-0.05, 0) is 43.0 Å². The van der Waals surface area contributed by atoms with Crippen molar-refractivity contribution in [2.75, 3.05) is 19.5 Å². The van der Waals surface area contributed by atoms with Crippen molar-refractivity contribution in [2.45, 2.75) is 39.2 Å². The summed E-state index contributed by atoms with van der Waals surface area (Å²) in [6, 6.07) is 12.5. The summed E-state index contributed by atoms with van der Waals surface area (Å²) in [5.41, 5.74) is 1.97. The zero-order chi connectivity index (χ0) is 20.7. The molecule has 0 spiro atoms. The van der Waals surface area contributed by atoms with Crippen molar-refractivity contribution in [1.29, 1.82) is 0 Å². The van der Waals surface area contributed by atoms with E-state index in [1.54, 1.807) is 18.2 Å². The number of methoxy groups -OCH3 is 2. The van der Waals surface area contributed by atoms with Gasteiger partial charge < -0.3 is 19.5 Å². The van der Waals surface area contributed by atoms with Crippen molar-refractivity contribution in [1.82, 2.24) is 0 Å². The van der Waals surface area contributed by atoms with Gasteiger partial charge >= 0.3 is 5.97 Å². The van der Waals surface area contributed by atoms with E-state index in [1.807, 2.05) is 24.3 Å². The zero-order valence-electron chi connectivity index (χ0n) is 16.9. The molecule has 2 atom stereocenters. The Kier molecular flexibility index (Phi) is 7.44. The zero-order valence-corrected chi connectivity index (χ0v) is 16.9. The first-order valence-electron chi connectivity index (χ1n) is 9.24. The molecule has 0 fully saturated rings. The van der Waals surface area contributed by atoms with Crippen molar-refractivity contribution in [3.05, 3.63) is 53.6 Å². The molecule has 0 aromatic heterocycles. The molecular weight excluding hydrogens is 358 g/mol. The van der Waals surface area contributed by atoms with Crippen molar-refractivity contribution < 1.29 is 23.8 Å². The van der Waals surface area contributed by atoms with Gasteiger partial charge in [0.25, 0.3) is 5.91 Å². The summed E-state index contributed by atoms with van der Waals surface area (Å²) in [5.74, 6) is -0.0729. The Morgan fingerprint density at radius 1 is 1.00 bits per heavy atom. The van der Waals surface area contributed by atoms with Gasteiger partial charge in [0.1, 0.15) is 5.56 Å². The molecule has 0 aliphatic carbocycles. The lowest BCUT2D eigenvalue weighted by Crippen LogP contribution is -2.30. The topological polar surface area (TPSA) is 73.9 Å². The third-order valence-electron chi connectivity index (χ3n) is 4.64. The molecule has 1 amide bonds. The Balaban J connectivity index is 2.13. The van der Waals surface area contributed by atoms with Gasteiger partial charge in [-0.25, -0.2) is 4.79 Å². The number of carbonyl (C=O) groups excluding carboxylic acids is 2. The summed E-state index contributed by atoms with van der Waals surface area (Å²) in [7, 11) is 2.92. The molecule has 0 aliphatic rings. The smallest absolute Gasteiger partial charge is 0.342 e. The fourth-order valence-electron chi connectivity index (χ4n) is 2.82. The highest BCUT2D eigenvalue weighted by molar-refractivity contribution is 5.99. The second-order valence-electron chi connectivity index (χ2n) is 6.47. The fraction of sp³-hybridized carbons (Fsp3) is 0.364. The molecule has 150 valence electrons. The quantitative estimate of drug-likeness (QED) is 0.682. The van der Waals surface area contributed by atoms with Crippen LogP contribution in [0.5, 0.6) is 11.5 Å². The summed E-state index contributed by atoms with van der Waals surface area (Å²) >= 11 is 0. The minimum atomic E-state index is -0.978. The molecule has 2 aromatic rings. The van der Waals surface area contributed by atoms with Gasteiger partial charge in [0.15, 0.2) is 17.6 Å². The van der Waals surface area contributed by atoms with Crippen LogP contribution in [0.4, 0.5) is 5.69 Å². The number of carbonyl (C=O) groups is 2. The number of hydrogen-bond acceptors (Lipinski definition) is 5. The summed E-state index contributed by atoms with van der Waals surface area (Å²) in [6.07, 6.45) is -0.0269. The lowest BCUT2D eigenvalue weighted by Gasteiger charge is -2.18. The number of rotatable bonds is 8. The molecule has 6 heteroatoms. The number of para-hydroxylation sites is 2. The van der Waals surface area contributed by atoms with E-state index in [0.29, 0.717) is 11.7 Å². The SMILES string of the molecule is CC[C@H](C)c1ccccc1NC(=O)[C@H](C)OC(=O)c1cccc(OC)c1OC. The Labute approximate surface area is 165 Å². The van der Waals surface area contributed by atoms with Gasteiger partial charge in [0.2, 0.25) is 0 Å². The van der Waals surface area contributed by atoms with E-state index in [0.717, 1.165) is 17.7 Å². The van der Waals surface area contributed by atoms with Crippen molar-refractivity contribution >= 4 is 17.6 Å². The first-order valence-corrected chi connectivity index (χ1v) is 9.24. The van der Waals surface area contributed by atoms with Gasteiger partial charge in [-0.1, -0.05) is 38.1 Å². The van der Waals surface area contributed by atoms with Crippen molar-refractivity contribution in [3.8, 4) is 11.5 Å². The molecule has 0 aliphatic heterocycles. The highest BCUT2D eigenvalue weighted by Gasteiger charge is 2.24. The van der Waals surface area contributed by atoms with Crippen LogP contribution in [0.1, 0.15) is 49.0 Å². The Hall–Kier alpha value is -3.02. The summed E-state index contributed by atoms with van der Waals surface area (Å²) in [4.78, 5) is 25.1. The van der Waals surface area contributed by atoms with Crippen LogP contribution in [0.3, 0.4) is 0 Å². The Bertz CT molecular complexity index is 833. The first-order chi connectivity index (χ1) is 13.4. The van der Waals surface area contributed by atoms with Gasteiger partial charge in [-0.2, -0.15) is 0 Å². The predicted octanol–water partition coefficient (Wildman–Crippen LogP) is 4.40. The molecule has 0 unspecified atom stereocenters. The maximum Gasteiger partial charge on any atom is 0.342 e. The van der Waals surface area contributed by atoms with E-state index in [9.17, 15) is 9.59 Å². The number of nitrogens with one attached hydrogen (secondary N) is 1. The highest BCUT2D eigenvalue weighted by atomic mass is 16.6. The monoisotopic (exact) mass is 385 g/mol. The first kappa shape index (κ1) is 21.3. The molecular formula is C22H27NO5. The Morgan fingerprint density at radius 3 is 2.36 bits per heavy atom. The Morgan fingerprint density at radius 2 is 1.71 bits per heavy atom. The number of anilines is 1. The maximum absolute atomic E-state index is 12.6.